The van der Waals surface area contributed by atoms with E-state index in [1.54, 1.807) is 12.1 Å². The molecule has 150 valence electrons. The fourth-order valence-electron chi connectivity index (χ4n) is 4.32. The molecule has 1 aliphatic carbocycles. The van der Waals surface area contributed by atoms with Gasteiger partial charge in [-0.3, -0.25) is 4.90 Å². The van der Waals surface area contributed by atoms with Gasteiger partial charge >= 0.3 is 0 Å². The third kappa shape index (κ3) is 5.05. The number of halogens is 1. The third-order valence-corrected chi connectivity index (χ3v) is 6.02. The van der Waals surface area contributed by atoms with Crippen LogP contribution in [0, 0.1) is 5.82 Å². The number of fused-ring (bicyclic) bond motifs is 1. The zero-order chi connectivity index (χ0) is 19.2. The molecule has 0 saturated carbocycles. The van der Waals surface area contributed by atoms with Crippen LogP contribution in [0.25, 0.3) is 0 Å². The Morgan fingerprint density at radius 3 is 2.43 bits per heavy atom. The summed E-state index contributed by atoms with van der Waals surface area (Å²) >= 11 is 0. The van der Waals surface area contributed by atoms with Crippen LogP contribution in [0.2, 0.25) is 0 Å². The van der Waals surface area contributed by atoms with Gasteiger partial charge in [0.2, 0.25) is 0 Å². The van der Waals surface area contributed by atoms with Crippen molar-refractivity contribution < 1.29 is 9.13 Å². The SMILES string of the molecule is Fc1ccc(N2CCN(CCCCCOc3ccc4c(c3)CCC4)CC2)cc1. The van der Waals surface area contributed by atoms with Gasteiger partial charge in [0, 0.05) is 31.9 Å². The molecule has 1 aliphatic heterocycles. The molecule has 1 heterocycles. The molecule has 0 atom stereocenters. The van der Waals surface area contributed by atoms with E-state index >= 15 is 0 Å². The summed E-state index contributed by atoms with van der Waals surface area (Å²) in [5.41, 5.74) is 4.12. The van der Waals surface area contributed by atoms with Crippen molar-refractivity contribution in [3.05, 3.63) is 59.4 Å². The molecular weight excluding hydrogens is 351 g/mol. The summed E-state index contributed by atoms with van der Waals surface area (Å²) < 4.78 is 19.0. The molecule has 1 fully saturated rings. The fourth-order valence-corrected chi connectivity index (χ4v) is 4.32. The Hall–Kier alpha value is -2.07. The first-order chi connectivity index (χ1) is 13.8. The lowest BCUT2D eigenvalue weighted by atomic mass is 10.1. The summed E-state index contributed by atoms with van der Waals surface area (Å²) in [6.45, 7) is 6.19. The molecule has 0 bridgehead atoms. The van der Waals surface area contributed by atoms with Crippen molar-refractivity contribution >= 4 is 5.69 Å². The van der Waals surface area contributed by atoms with Gasteiger partial charge in [-0.1, -0.05) is 6.07 Å². The average Bonchev–Trinajstić information content (AvgIpc) is 3.19. The highest BCUT2D eigenvalue weighted by molar-refractivity contribution is 5.46. The van der Waals surface area contributed by atoms with Gasteiger partial charge in [-0.15, -0.1) is 0 Å². The Bertz CT molecular complexity index is 754. The van der Waals surface area contributed by atoms with Crippen LogP contribution in [0.5, 0.6) is 5.75 Å². The van der Waals surface area contributed by atoms with E-state index in [0.29, 0.717) is 0 Å². The normalized spacial score (nSPS) is 17.0. The summed E-state index contributed by atoms with van der Waals surface area (Å²) in [4.78, 5) is 4.89. The molecule has 2 aromatic carbocycles. The van der Waals surface area contributed by atoms with Gasteiger partial charge in [0.1, 0.15) is 11.6 Å². The maximum atomic E-state index is 13.1. The minimum absolute atomic E-state index is 0.164. The first-order valence-corrected chi connectivity index (χ1v) is 10.8. The Balaban J connectivity index is 1.08. The number of unbranched alkanes of at least 4 members (excludes halogenated alkanes) is 2. The number of anilines is 1. The van der Waals surface area contributed by atoms with Gasteiger partial charge in [-0.2, -0.15) is 0 Å². The number of ether oxygens (including phenoxy) is 1. The van der Waals surface area contributed by atoms with E-state index in [2.05, 4.69) is 28.0 Å². The van der Waals surface area contributed by atoms with Gasteiger partial charge < -0.3 is 9.64 Å². The van der Waals surface area contributed by atoms with E-state index in [1.807, 2.05) is 12.1 Å². The maximum Gasteiger partial charge on any atom is 0.123 e. The molecule has 2 aliphatic rings. The molecule has 0 N–H and O–H groups in total. The minimum atomic E-state index is -0.164. The first-order valence-electron chi connectivity index (χ1n) is 10.8. The van der Waals surface area contributed by atoms with Crippen LogP contribution in [-0.2, 0) is 12.8 Å². The van der Waals surface area contributed by atoms with Crippen LogP contribution in [0.15, 0.2) is 42.5 Å². The molecule has 4 heteroatoms. The zero-order valence-electron chi connectivity index (χ0n) is 16.7. The van der Waals surface area contributed by atoms with E-state index in [1.165, 1.54) is 43.2 Å². The number of piperazine rings is 1. The van der Waals surface area contributed by atoms with E-state index in [9.17, 15) is 4.39 Å². The second-order valence-electron chi connectivity index (χ2n) is 8.00. The van der Waals surface area contributed by atoms with Crippen molar-refractivity contribution in [2.75, 3.05) is 44.2 Å². The molecule has 0 radical (unpaired) electrons. The van der Waals surface area contributed by atoms with Crippen LogP contribution >= 0.6 is 0 Å². The molecule has 1 saturated heterocycles. The lowest BCUT2D eigenvalue weighted by Gasteiger charge is -2.36. The summed E-state index contributed by atoms with van der Waals surface area (Å²) in [5, 5.41) is 0. The van der Waals surface area contributed by atoms with Crippen molar-refractivity contribution in [2.24, 2.45) is 0 Å². The summed E-state index contributed by atoms with van der Waals surface area (Å²) in [6, 6.07) is 13.5. The maximum absolute atomic E-state index is 13.1. The number of hydrogen-bond donors (Lipinski definition) is 0. The van der Waals surface area contributed by atoms with Crippen LogP contribution in [-0.4, -0.2) is 44.2 Å². The first kappa shape index (κ1) is 19.3. The summed E-state index contributed by atoms with van der Waals surface area (Å²) in [5.74, 6) is 0.875. The largest absolute Gasteiger partial charge is 0.494 e. The number of hydrogen-bond acceptors (Lipinski definition) is 3. The lowest BCUT2D eigenvalue weighted by molar-refractivity contribution is 0.246. The molecular formula is C24H31FN2O. The van der Waals surface area contributed by atoms with E-state index < -0.39 is 0 Å². The molecule has 0 aromatic heterocycles. The predicted octanol–water partition coefficient (Wildman–Crippen LogP) is 4.69. The van der Waals surface area contributed by atoms with Crippen molar-refractivity contribution in [3.63, 3.8) is 0 Å². The van der Waals surface area contributed by atoms with Gasteiger partial charge in [0.25, 0.3) is 0 Å². The Morgan fingerprint density at radius 1 is 0.821 bits per heavy atom. The highest BCUT2D eigenvalue weighted by Crippen LogP contribution is 2.26. The fraction of sp³-hybridized carbons (Fsp3) is 0.500. The Kier molecular flexibility index (Phi) is 6.48. The number of rotatable bonds is 8. The molecule has 0 unspecified atom stereocenters. The minimum Gasteiger partial charge on any atom is -0.494 e. The van der Waals surface area contributed by atoms with Crippen LogP contribution < -0.4 is 9.64 Å². The van der Waals surface area contributed by atoms with Crippen molar-refractivity contribution in [2.45, 2.75) is 38.5 Å². The molecule has 3 nitrogen and oxygen atoms in total. The number of nitrogens with zero attached hydrogens (tertiary/aromatic N) is 2. The topological polar surface area (TPSA) is 15.7 Å². The number of benzene rings is 2. The highest BCUT2D eigenvalue weighted by atomic mass is 19.1. The quantitative estimate of drug-likeness (QED) is 0.616. The molecule has 2 aromatic rings. The van der Waals surface area contributed by atoms with Gasteiger partial charge in [0.05, 0.1) is 6.61 Å². The van der Waals surface area contributed by atoms with E-state index in [4.69, 9.17) is 4.74 Å². The molecule has 0 spiro atoms. The molecule has 0 amide bonds. The van der Waals surface area contributed by atoms with Crippen molar-refractivity contribution in [3.8, 4) is 5.75 Å². The van der Waals surface area contributed by atoms with Crippen LogP contribution in [0.4, 0.5) is 10.1 Å². The van der Waals surface area contributed by atoms with Crippen LogP contribution in [0.1, 0.15) is 36.8 Å². The Morgan fingerprint density at radius 2 is 1.61 bits per heavy atom. The molecule has 4 rings (SSSR count). The number of aryl methyl sites for hydroxylation is 2. The molecule has 28 heavy (non-hydrogen) atoms. The van der Waals surface area contributed by atoms with Gasteiger partial charge in [-0.25, -0.2) is 4.39 Å². The second kappa shape index (κ2) is 9.42. The van der Waals surface area contributed by atoms with E-state index in [-0.39, 0.29) is 5.82 Å². The highest BCUT2D eigenvalue weighted by Gasteiger charge is 2.16. The third-order valence-electron chi connectivity index (χ3n) is 6.02. The van der Waals surface area contributed by atoms with Gasteiger partial charge in [0.15, 0.2) is 0 Å². The van der Waals surface area contributed by atoms with Crippen molar-refractivity contribution in [1.29, 1.82) is 0 Å². The van der Waals surface area contributed by atoms with Crippen LogP contribution in [0.3, 0.4) is 0 Å². The summed E-state index contributed by atoms with van der Waals surface area (Å²) in [7, 11) is 0. The lowest BCUT2D eigenvalue weighted by Crippen LogP contribution is -2.46. The van der Waals surface area contributed by atoms with E-state index in [0.717, 1.165) is 57.2 Å². The standard InChI is InChI=1S/C24H31FN2O/c25-22-8-10-23(11-9-22)27-16-14-26(15-17-27)13-2-1-3-18-28-24-12-7-20-5-4-6-21(20)19-24/h7-12,19H,1-6,13-18H2. The monoisotopic (exact) mass is 382 g/mol. The second-order valence-corrected chi connectivity index (χ2v) is 8.00. The van der Waals surface area contributed by atoms with Crippen molar-refractivity contribution in [1.82, 2.24) is 4.90 Å². The average molecular weight is 383 g/mol. The summed E-state index contributed by atoms with van der Waals surface area (Å²) in [6.07, 6.45) is 7.28. The zero-order valence-corrected chi connectivity index (χ0v) is 16.7. The van der Waals surface area contributed by atoms with Gasteiger partial charge in [-0.05, 0) is 92.6 Å². The smallest absolute Gasteiger partial charge is 0.123 e. The Labute approximate surface area is 168 Å². The predicted molar refractivity (Wildman–Crippen MR) is 113 cm³/mol.